The predicted octanol–water partition coefficient (Wildman–Crippen LogP) is 0.926. The van der Waals surface area contributed by atoms with E-state index in [-0.39, 0.29) is 18.6 Å². The highest BCUT2D eigenvalue weighted by Gasteiger charge is 2.91. The summed E-state index contributed by atoms with van der Waals surface area (Å²) >= 11 is 0. The SMILES string of the molecule is COC(=O)[C@@]12CCC(=O)[C@@H]1[C@@]1(OC(C)=O)CCC[C@]12OC(C)=O. The highest BCUT2D eigenvalue weighted by Crippen LogP contribution is 2.76. The summed E-state index contributed by atoms with van der Waals surface area (Å²) in [7, 11) is 1.25. The summed E-state index contributed by atoms with van der Waals surface area (Å²) in [4.78, 5) is 48.5. The first-order valence-corrected chi connectivity index (χ1v) is 7.78. The van der Waals surface area contributed by atoms with Crippen molar-refractivity contribution in [2.75, 3.05) is 7.11 Å². The van der Waals surface area contributed by atoms with Gasteiger partial charge in [-0.25, -0.2) is 0 Å². The summed E-state index contributed by atoms with van der Waals surface area (Å²) in [6.45, 7) is 2.50. The number of carbonyl (C=O) groups excluding carboxylic acids is 4. The van der Waals surface area contributed by atoms with E-state index in [0.717, 1.165) is 0 Å². The monoisotopic (exact) mass is 324 g/mol. The van der Waals surface area contributed by atoms with Crippen molar-refractivity contribution >= 4 is 23.7 Å². The van der Waals surface area contributed by atoms with Crippen molar-refractivity contribution in [2.24, 2.45) is 11.3 Å². The van der Waals surface area contributed by atoms with Crippen molar-refractivity contribution in [3.05, 3.63) is 0 Å². The van der Waals surface area contributed by atoms with E-state index in [2.05, 4.69) is 0 Å². The quantitative estimate of drug-likeness (QED) is 0.562. The Bertz CT molecular complexity index is 612. The third kappa shape index (κ3) is 1.60. The molecule has 0 amide bonds. The number of rotatable bonds is 3. The fraction of sp³-hybridized carbons (Fsp3) is 0.750. The van der Waals surface area contributed by atoms with E-state index >= 15 is 0 Å². The Morgan fingerprint density at radius 2 is 1.70 bits per heavy atom. The highest BCUT2D eigenvalue weighted by atomic mass is 16.6. The Hall–Kier alpha value is -1.92. The summed E-state index contributed by atoms with van der Waals surface area (Å²) in [6, 6.07) is 0. The maximum absolute atomic E-state index is 12.6. The average Bonchev–Trinajstić information content (AvgIpc) is 2.93. The number of hydrogen-bond acceptors (Lipinski definition) is 7. The van der Waals surface area contributed by atoms with Gasteiger partial charge < -0.3 is 14.2 Å². The molecule has 0 radical (unpaired) electrons. The summed E-state index contributed by atoms with van der Waals surface area (Å²) in [5.74, 6) is -2.63. The smallest absolute Gasteiger partial charge is 0.316 e. The minimum atomic E-state index is -1.30. The fourth-order valence-corrected chi connectivity index (χ4v) is 5.38. The lowest BCUT2D eigenvalue weighted by atomic mass is 9.43. The lowest BCUT2D eigenvalue weighted by Gasteiger charge is -2.65. The third-order valence-electron chi connectivity index (χ3n) is 5.72. The molecular formula is C16H20O7. The second-order valence-corrected chi connectivity index (χ2v) is 6.62. The number of carbonyl (C=O) groups is 4. The van der Waals surface area contributed by atoms with Gasteiger partial charge in [0, 0.05) is 20.3 Å². The molecule has 0 aliphatic heterocycles. The zero-order valence-electron chi connectivity index (χ0n) is 13.5. The van der Waals surface area contributed by atoms with Crippen molar-refractivity contribution in [3.63, 3.8) is 0 Å². The van der Waals surface area contributed by atoms with Crippen LogP contribution in [0.4, 0.5) is 0 Å². The first kappa shape index (κ1) is 16.0. The second-order valence-electron chi connectivity index (χ2n) is 6.62. The molecule has 3 saturated carbocycles. The Balaban J connectivity index is 2.19. The molecule has 0 bridgehead atoms. The van der Waals surface area contributed by atoms with Crippen LogP contribution in [0, 0.1) is 11.3 Å². The van der Waals surface area contributed by atoms with Gasteiger partial charge in [0.25, 0.3) is 0 Å². The molecule has 0 aromatic heterocycles. The van der Waals surface area contributed by atoms with E-state index in [0.29, 0.717) is 19.3 Å². The number of methoxy groups -OCH3 is 1. The standard InChI is InChI=1S/C16H20O7/c1-9(17)22-15-6-4-7-16(15,23-10(2)18)14(13(20)21-3)8-5-11(19)12(14)15/h12H,4-8H2,1-3H3/t12-,14+,15-,16+/m0/s1. The Morgan fingerprint density at radius 1 is 1.04 bits per heavy atom. The van der Waals surface area contributed by atoms with E-state index in [1.165, 1.54) is 21.0 Å². The Labute approximate surface area is 133 Å². The number of ketones is 1. The van der Waals surface area contributed by atoms with Crippen LogP contribution in [0.3, 0.4) is 0 Å². The molecule has 0 unspecified atom stereocenters. The predicted molar refractivity (Wildman–Crippen MR) is 75.0 cm³/mol. The van der Waals surface area contributed by atoms with Crippen LogP contribution in [-0.2, 0) is 33.4 Å². The zero-order valence-corrected chi connectivity index (χ0v) is 13.5. The molecule has 4 atom stereocenters. The van der Waals surface area contributed by atoms with Gasteiger partial charge in [-0.3, -0.25) is 19.2 Å². The fourth-order valence-electron chi connectivity index (χ4n) is 5.38. The number of hydrogen-bond donors (Lipinski definition) is 0. The minimum absolute atomic E-state index is 0.138. The van der Waals surface area contributed by atoms with Gasteiger partial charge in [-0.05, 0) is 25.7 Å². The summed E-state index contributed by atoms with van der Waals surface area (Å²) in [5.41, 5.74) is -3.79. The van der Waals surface area contributed by atoms with Crippen molar-refractivity contribution in [3.8, 4) is 0 Å². The van der Waals surface area contributed by atoms with Gasteiger partial charge in [-0.1, -0.05) is 0 Å². The van der Waals surface area contributed by atoms with Crippen LogP contribution < -0.4 is 0 Å². The molecule has 3 aliphatic rings. The maximum atomic E-state index is 12.6. The molecule has 0 aromatic carbocycles. The molecule has 3 aliphatic carbocycles. The van der Waals surface area contributed by atoms with Gasteiger partial charge in [0.2, 0.25) is 0 Å². The Morgan fingerprint density at radius 3 is 2.26 bits per heavy atom. The molecule has 3 rings (SSSR count). The summed E-state index contributed by atoms with van der Waals surface area (Å²) in [5, 5.41) is 0. The van der Waals surface area contributed by atoms with Crippen LogP contribution in [0.2, 0.25) is 0 Å². The topological polar surface area (TPSA) is 96.0 Å². The van der Waals surface area contributed by atoms with Crippen molar-refractivity contribution < 1.29 is 33.4 Å². The van der Waals surface area contributed by atoms with Crippen molar-refractivity contribution in [2.45, 2.75) is 57.2 Å². The molecule has 0 N–H and O–H groups in total. The number of Topliss-reactive ketones (excluding diaryl/α,β-unsaturated/α-hetero) is 1. The number of ether oxygens (including phenoxy) is 3. The number of esters is 3. The van der Waals surface area contributed by atoms with Crippen LogP contribution in [0.5, 0.6) is 0 Å². The van der Waals surface area contributed by atoms with Gasteiger partial charge in [-0.2, -0.15) is 0 Å². The van der Waals surface area contributed by atoms with Gasteiger partial charge in [0.05, 0.1) is 13.0 Å². The van der Waals surface area contributed by atoms with E-state index in [9.17, 15) is 19.2 Å². The van der Waals surface area contributed by atoms with E-state index < -0.39 is 40.4 Å². The molecule has 3 fully saturated rings. The Kier molecular flexibility index (Phi) is 3.32. The first-order chi connectivity index (χ1) is 10.8. The molecule has 7 nitrogen and oxygen atoms in total. The van der Waals surface area contributed by atoms with Crippen LogP contribution in [0.15, 0.2) is 0 Å². The largest absolute Gasteiger partial charge is 0.468 e. The molecular weight excluding hydrogens is 304 g/mol. The van der Waals surface area contributed by atoms with Crippen LogP contribution >= 0.6 is 0 Å². The summed E-state index contributed by atoms with van der Waals surface area (Å²) in [6.07, 6.45) is 1.81. The van der Waals surface area contributed by atoms with Crippen molar-refractivity contribution in [1.82, 2.24) is 0 Å². The van der Waals surface area contributed by atoms with Gasteiger partial charge in [0.1, 0.15) is 11.2 Å². The first-order valence-electron chi connectivity index (χ1n) is 7.78. The van der Waals surface area contributed by atoms with Crippen LogP contribution in [-0.4, -0.2) is 42.0 Å². The molecule has 23 heavy (non-hydrogen) atoms. The molecule has 126 valence electrons. The zero-order chi connectivity index (χ0) is 17.0. The maximum Gasteiger partial charge on any atom is 0.316 e. The van der Waals surface area contributed by atoms with E-state index in [1.807, 2.05) is 0 Å². The lowest BCUT2D eigenvalue weighted by molar-refractivity contribution is -0.320. The van der Waals surface area contributed by atoms with E-state index in [4.69, 9.17) is 14.2 Å². The highest BCUT2D eigenvalue weighted by molar-refractivity contribution is 5.99. The molecule has 0 heterocycles. The molecule has 0 saturated heterocycles. The van der Waals surface area contributed by atoms with Crippen LogP contribution in [0.1, 0.15) is 46.0 Å². The van der Waals surface area contributed by atoms with Gasteiger partial charge in [0.15, 0.2) is 11.2 Å². The number of fused-ring (bicyclic) bond motifs is 4. The molecule has 7 heteroatoms. The average molecular weight is 324 g/mol. The normalized spacial score (nSPS) is 40.7. The van der Waals surface area contributed by atoms with Crippen molar-refractivity contribution in [1.29, 1.82) is 0 Å². The van der Waals surface area contributed by atoms with Gasteiger partial charge in [-0.15, -0.1) is 0 Å². The molecule has 0 aromatic rings. The molecule has 0 spiro atoms. The minimum Gasteiger partial charge on any atom is -0.468 e. The third-order valence-corrected chi connectivity index (χ3v) is 5.72. The summed E-state index contributed by atoms with van der Waals surface area (Å²) < 4.78 is 16.1. The van der Waals surface area contributed by atoms with Gasteiger partial charge >= 0.3 is 17.9 Å². The second kappa shape index (κ2) is 4.79. The lowest BCUT2D eigenvalue weighted by Crippen LogP contribution is -2.83. The van der Waals surface area contributed by atoms with Crippen LogP contribution in [0.25, 0.3) is 0 Å². The van der Waals surface area contributed by atoms with E-state index in [1.54, 1.807) is 0 Å².